The Bertz CT molecular complexity index is 809. The first-order valence-electron chi connectivity index (χ1n) is 9.60. The Kier molecular flexibility index (Phi) is 11.6. The SMILES string of the molecule is CN(C)Cc1cccc(CN(C)C)c1P(c1ccccc1)c1ccccc1.[Cl][Pd][Cl]. The van der Waals surface area contributed by atoms with Gasteiger partial charge in [0.2, 0.25) is 0 Å². The number of nitrogens with zero attached hydrogens (tertiary/aromatic N) is 2. The number of hydrogen-bond donors (Lipinski definition) is 0. The van der Waals surface area contributed by atoms with E-state index in [4.69, 9.17) is 19.1 Å². The third kappa shape index (κ3) is 7.74. The van der Waals surface area contributed by atoms with Gasteiger partial charge >= 0.3 is 35.0 Å². The van der Waals surface area contributed by atoms with E-state index in [0.717, 1.165) is 13.1 Å². The summed E-state index contributed by atoms with van der Waals surface area (Å²) in [5.74, 6) is 0. The van der Waals surface area contributed by atoms with Crippen LogP contribution in [0.2, 0.25) is 0 Å². The van der Waals surface area contributed by atoms with Crippen molar-refractivity contribution in [3.05, 3.63) is 90.0 Å². The maximum atomic E-state index is 4.81. The first-order valence-corrected chi connectivity index (χ1v) is 14.9. The molecule has 0 radical (unpaired) electrons. The first-order chi connectivity index (χ1) is 14.5. The van der Waals surface area contributed by atoms with Crippen LogP contribution >= 0.6 is 27.0 Å². The molecule has 0 aromatic heterocycles. The zero-order chi connectivity index (χ0) is 21.9. The van der Waals surface area contributed by atoms with Crippen LogP contribution in [0.15, 0.2) is 78.9 Å². The van der Waals surface area contributed by atoms with E-state index < -0.39 is 7.92 Å². The van der Waals surface area contributed by atoms with E-state index >= 15 is 0 Å². The summed E-state index contributed by atoms with van der Waals surface area (Å²) in [4.78, 5) is 4.53. The van der Waals surface area contributed by atoms with Gasteiger partial charge in [0, 0.05) is 13.1 Å². The molecule has 0 N–H and O–H groups in total. The average Bonchev–Trinajstić information content (AvgIpc) is 2.71. The van der Waals surface area contributed by atoms with Crippen LogP contribution in [0.4, 0.5) is 0 Å². The van der Waals surface area contributed by atoms with Crippen LogP contribution in [0.25, 0.3) is 0 Å². The monoisotopic (exact) mass is 552 g/mol. The summed E-state index contributed by atoms with van der Waals surface area (Å²) >= 11 is -0.106. The number of halogens is 2. The third-order valence-corrected chi connectivity index (χ3v) is 7.08. The number of hydrogen-bond acceptors (Lipinski definition) is 2. The fourth-order valence-corrected chi connectivity index (χ4v) is 6.05. The van der Waals surface area contributed by atoms with Crippen LogP contribution in [0.1, 0.15) is 11.1 Å². The number of rotatable bonds is 7. The summed E-state index contributed by atoms with van der Waals surface area (Å²) in [6.45, 7) is 1.91. The molecule has 0 aliphatic rings. The summed E-state index contributed by atoms with van der Waals surface area (Å²) in [5.41, 5.74) is 2.86. The van der Waals surface area contributed by atoms with E-state index in [1.807, 2.05) is 0 Å². The fourth-order valence-electron chi connectivity index (χ4n) is 3.43. The first kappa shape index (κ1) is 25.5. The van der Waals surface area contributed by atoms with Gasteiger partial charge in [-0.25, -0.2) is 0 Å². The van der Waals surface area contributed by atoms with Gasteiger partial charge in [0.15, 0.2) is 0 Å². The molecular formula is C24H29Cl2N2PPd. The molecule has 30 heavy (non-hydrogen) atoms. The molecule has 0 amide bonds. The molecule has 0 aliphatic carbocycles. The van der Waals surface area contributed by atoms with Crippen LogP contribution in [-0.4, -0.2) is 38.0 Å². The zero-order valence-electron chi connectivity index (χ0n) is 17.8. The fraction of sp³-hybridized carbons (Fsp3) is 0.250. The summed E-state index contributed by atoms with van der Waals surface area (Å²) in [6.07, 6.45) is 0. The quantitative estimate of drug-likeness (QED) is 0.302. The van der Waals surface area contributed by atoms with Crippen molar-refractivity contribution < 1.29 is 15.9 Å². The van der Waals surface area contributed by atoms with E-state index in [1.54, 1.807) is 0 Å². The van der Waals surface area contributed by atoms with E-state index in [2.05, 4.69) is 117 Å². The van der Waals surface area contributed by atoms with Gasteiger partial charge in [-0.15, -0.1) is 0 Å². The molecule has 0 bridgehead atoms. The van der Waals surface area contributed by atoms with Crippen molar-refractivity contribution >= 4 is 42.9 Å². The Hall–Kier alpha value is -0.748. The molecule has 3 aromatic rings. The minimum atomic E-state index is -0.602. The average molecular weight is 554 g/mol. The van der Waals surface area contributed by atoms with Crippen molar-refractivity contribution in [1.29, 1.82) is 0 Å². The van der Waals surface area contributed by atoms with Crippen molar-refractivity contribution in [2.24, 2.45) is 0 Å². The second-order valence-electron chi connectivity index (χ2n) is 7.45. The predicted octanol–water partition coefficient (Wildman–Crippen LogP) is 4.94. The number of benzene rings is 3. The van der Waals surface area contributed by atoms with Crippen molar-refractivity contribution in [3.63, 3.8) is 0 Å². The Morgan fingerprint density at radius 2 is 1.00 bits per heavy atom. The molecule has 0 atom stereocenters. The van der Waals surface area contributed by atoms with Gasteiger partial charge in [-0.3, -0.25) is 0 Å². The molecule has 3 aromatic carbocycles. The van der Waals surface area contributed by atoms with Gasteiger partial charge in [0.05, 0.1) is 0 Å². The molecule has 0 saturated heterocycles. The molecule has 0 heterocycles. The molecule has 0 aliphatic heterocycles. The van der Waals surface area contributed by atoms with E-state index in [0.29, 0.717) is 0 Å². The Labute approximate surface area is 199 Å². The predicted molar refractivity (Wildman–Crippen MR) is 132 cm³/mol. The second kappa shape index (κ2) is 13.6. The van der Waals surface area contributed by atoms with Crippen LogP contribution in [0.3, 0.4) is 0 Å². The third-order valence-electron chi connectivity index (χ3n) is 4.43. The maximum absolute atomic E-state index is 4.81. The second-order valence-corrected chi connectivity index (χ2v) is 12.0. The van der Waals surface area contributed by atoms with Crippen LogP contribution in [0.5, 0.6) is 0 Å². The van der Waals surface area contributed by atoms with E-state index in [9.17, 15) is 0 Å². The Balaban J connectivity index is 0.00000101. The molecular weight excluding hydrogens is 525 g/mol. The summed E-state index contributed by atoms with van der Waals surface area (Å²) in [5, 5.41) is 4.32. The summed E-state index contributed by atoms with van der Waals surface area (Å²) in [6, 6.07) is 28.8. The molecule has 0 unspecified atom stereocenters. The molecule has 3 rings (SSSR count). The molecule has 2 nitrogen and oxygen atoms in total. The van der Waals surface area contributed by atoms with Gasteiger partial charge in [-0.2, -0.15) is 0 Å². The van der Waals surface area contributed by atoms with Crippen LogP contribution < -0.4 is 15.9 Å². The van der Waals surface area contributed by atoms with Gasteiger partial charge < -0.3 is 9.80 Å². The molecule has 0 spiro atoms. The molecule has 0 saturated carbocycles. The van der Waals surface area contributed by atoms with Gasteiger partial charge in [-0.05, 0) is 63.2 Å². The normalized spacial score (nSPS) is 11.1. The van der Waals surface area contributed by atoms with E-state index in [1.165, 1.54) is 27.0 Å². The van der Waals surface area contributed by atoms with Crippen molar-refractivity contribution in [3.8, 4) is 0 Å². The van der Waals surface area contributed by atoms with Crippen molar-refractivity contribution in [2.45, 2.75) is 13.1 Å². The van der Waals surface area contributed by atoms with Crippen LogP contribution in [0, 0.1) is 0 Å². The van der Waals surface area contributed by atoms with Crippen molar-refractivity contribution in [1.82, 2.24) is 9.80 Å². The Morgan fingerprint density at radius 3 is 1.33 bits per heavy atom. The Morgan fingerprint density at radius 1 is 0.633 bits per heavy atom. The topological polar surface area (TPSA) is 6.48 Å². The zero-order valence-corrected chi connectivity index (χ0v) is 21.8. The van der Waals surface area contributed by atoms with Gasteiger partial charge in [0.1, 0.15) is 0 Å². The molecule has 164 valence electrons. The summed E-state index contributed by atoms with van der Waals surface area (Å²) < 4.78 is 0. The standard InChI is InChI=1S/C24H29N2P.2ClH.Pd/c1-25(2)18-20-12-11-13-21(19-26(3)4)24(20)27(22-14-7-5-8-15-22)23-16-9-6-10-17-23;;;/h5-17H,18-19H2,1-4H3;2*1H;/q;;;+2/p-2. The molecule has 0 fully saturated rings. The minimum absolute atomic E-state index is 0.106. The van der Waals surface area contributed by atoms with Gasteiger partial charge in [-0.1, -0.05) is 78.9 Å². The van der Waals surface area contributed by atoms with Crippen LogP contribution in [-0.2, 0) is 29.0 Å². The van der Waals surface area contributed by atoms with E-state index in [-0.39, 0.29) is 15.9 Å². The van der Waals surface area contributed by atoms with Crippen molar-refractivity contribution in [2.75, 3.05) is 28.2 Å². The summed E-state index contributed by atoms with van der Waals surface area (Å²) in [7, 11) is 17.6. The van der Waals surface area contributed by atoms with Gasteiger partial charge in [0.25, 0.3) is 0 Å². The molecule has 6 heteroatoms.